The van der Waals surface area contributed by atoms with Gasteiger partial charge in [-0.2, -0.15) is 0 Å². The largest absolute Gasteiger partial charge is 0.508 e. The van der Waals surface area contributed by atoms with E-state index in [9.17, 15) is 39.6 Å². The molecule has 1 fully saturated rings. The molecule has 0 unspecified atom stereocenters. The number of nitrogens with two attached hydrogens (primary N) is 1. The zero-order valence-corrected chi connectivity index (χ0v) is 21.1. The zero-order valence-electron chi connectivity index (χ0n) is 21.1. The molecule has 0 heterocycles. The van der Waals surface area contributed by atoms with E-state index in [1.807, 2.05) is 5.92 Å². The van der Waals surface area contributed by atoms with Crippen molar-refractivity contribution in [1.82, 2.24) is 4.90 Å². The smallest absolute Gasteiger partial charge is 0.382 e. The molecule has 1 aromatic rings. The van der Waals surface area contributed by atoms with Crippen molar-refractivity contribution in [3.05, 3.63) is 39.7 Å². The van der Waals surface area contributed by atoms with Crippen LogP contribution >= 0.6 is 0 Å². The topological polar surface area (TPSA) is 202 Å². The fraction of sp³-hybridized carbons (Fsp3) is 0.385. The number of hydrogen-bond donors (Lipinski definition) is 6. The van der Waals surface area contributed by atoms with Crippen molar-refractivity contribution in [2.75, 3.05) is 33.1 Å². The first-order valence-electron chi connectivity index (χ1n) is 11.6. The lowest BCUT2D eigenvalue weighted by Crippen LogP contribution is -2.65. The molecule has 0 saturated heterocycles. The highest BCUT2D eigenvalue weighted by atomic mass is 16.4. The van der Waals surface area contributed by atoms with Crippen molar-refractivity contribution in [2.45, 2.75) is 24.5 Å². The summed E-state index contributed by atoms with van der Waals surface area (Å²) in [5.74, 6) is -4.82. The minimum absolute atomic E-state index is 0.0417. The molecule has 38 heavy (non-hydrogen) atoms. The number of carbonyl (C=O) groups excluding carboxylic acids is 3. The lowest BCUT2D eigenvalue weighted by Gasteiger charge is -2.50. The molecule has 12 nitrogen and oxygen atoms in total. The van der Waals surface area contributed by atoms with E-state index in [2.05, 4.69) is 5.92 Å². The second-order valence-electron chi connectivity index (χ2n) is 10.1. The number of phenolic OH excluding ortho intramolecular Hbond substituents is 1. The van der Waals surface area contributed by atoms with E-state index < -0.39 is 69.8 Å². The molecule has 1 saturated carbocycles. The van der Waals surface area contributed by atoms with Gasteiger partial charge in [0.2, 0.25) is 5.78 Å². The summed E-state index contributed by atoms with van der Waals surface area (Å²) in [4.78, 5) is 53.1. The molecule has 1 aromatic carbocycles. The fourth-order valence-corrected chi connectivity index (χ4v) is 5.91. The number of Topliss-reactive ketones (excluding diaryl/α,β-unsaturated/α-hetero) is 2. The number of aromatic hydroxyl groups is 1. The number of rotatable bonds is 3. The molecule has 200 valence electrons. The Labute approximate surface area is 217 Å². The van der Waals surface area contributed by atoms with E-state index in [0.717, 1.165) is 0 Å². The van der Waals surface area contributed by atoms with Gasteiger partial charge in [-0.05, 0) is 44.5 Å². The number of fused-ring (bicyclic) bond motifs is 3. The van der Waals surface area contributed by atoms with Crippen LogP contribution in [0.25, 0.3) is 5.76 Å². The average molecular weight is 526 g/mol. The van der Waals surface area contributed by atoms with Crippen LogP contribution in [0.5, 0.6) is 5.75 Å². The molecule has 7 N–H and O–H groups in total. The summed E-state index contributed by atoms with van der Waals surface area (Å²) < 4.78 is 0. The number of aliphatic carboxylic acids is 1. The molecule has 0 aliphatic heterocycles. The van der Waals surface area contributed by atoms with Crippen molar-refractivity contribution in [3.8, 4) is 17.6 Å². The molecular formula is C26H27N3O9. The summed E-state index contributed by atoms with van der Waals surface area (Å²) in [5.41, 5.74) is 2.03. The van der Waals surface area contributed by atoms with E-state index in [1.54, 1.807) is 19.0 Å². The number of benzene rings is 1. The minimum atomic E-state index is -2.74. The molecule has 3 aliphatic carbocycles. The van der Waals surface area contributed by atoms with Crippen LogP contribution in [0.1, 0.15) is 23.1 Å². The number of phenols is 1. The second-order valence-corrected chi connectivity index (χ2v) is 10.1. The second kappa shape index (κ2) is 8.90. The monoisotopic (exact) mass is 525 g/mol. The number of hydrogen-bond acceptors (Lipinski definition) is 10. The highest BCUT2D eigenvalue weighted by Crippen LogP contribution is 2.54. The van der Waals surface area contributed by atoms with Crippen LogP contribution in [0.2, 0.25) is 0 Å². The Balaban J connectivity index is 2.02. The van der Waals surface area contributed by atoms with Crippen LogP contribution in [0, 0.1) is 23.7 Å². The van der Waals surface area contributed by atoms with Gasteiger partial charge in [0, 0.05) is 37.2 Å². The van der Waals surface area contributed by atoms with Crippen LogP contribution < -0.4 is 10.6 Å². The van der Waals surface area contributed by atoms with Gasteiger partial charge in [0.1, 0.15) is 22.8 Å². The van der Waals surface area contributed by atoms with Crippen molar-refractivity contribution >= 4 is 34.9 Å². The maximum atomic E-state index is 13.9. The number of nitrogens with zero attached hydrogens (tertiary/aromatic N) is 2. The van der Waals surface area contributed by atoms with Crippen molar-refractivity contribution in [3.63, 3.8) is 0 Å². The lowest BCUT2D eigenvalue weighted by molar-refractivity contribution is -0.153. The van der Waals surface area contributed by atoms with Crippen LogP contribution in [-0.4, -0.2) is 93.7 Å². The summed E-state index contributed by atoms with van der Waals surface area (Å²) in [6.07, 6.45) is 0.0578. The van der Waals surface area contributed by atoms with Gasteiger partial charge in [-0.15, -0.1) is 0 Å². The number of ketones is 2. The van der Waals surface area contributed by atoms with Crippen LogP contribution in [-0.2, 0) is 25.6 Å². The van der Waals surface area contributed by atoms with Gasteiger partial charge < -0.3 is 36.2 Å². The third-order valence-corrected chi connectivity index (χ3v) is 7.48. The highest BCUT2D eigenvalue weighted by Gasteiger charge is 2.64. The Bertz CT molecular complexity index is 1440. The Kier molecular flexibility index (Phi) is 6.25. The number of carbonyl (C=O) groups is 4. The van der Waals surface area contributed by atoms with Crippen molar-refractivity contribution < 1.29 is 44.7 Å². The predicted molar refractivity (Wildman–Crippen MR) is 133 cm³/mol. The third-order valence-electron chi connectivity index (χ3n) is 7.48. The summed E-state index contributed by atoms with van der Waals surface area (Å²) in [6.45, 7) is 0. The molecular weight excluding hydrogens is 498 g/mol. The normalized spacial score (nSPS) is 26.3. The standard InChI is InChI=1S/C26H27N3O9/c1-28(2)14-9-10(5-6-15(30)31)20(32)17-12(14)7-11-8-13-19(29(3)4)22(34)18(25(27)37)24(36)26(13,38)23(35)16(11)21(17)33/h9,11,13,19,32-33,36,38H,7-8H2,1-4H3,(H2,27,37)(H,30,31)/t11-,13-,19+,26-/m0/s1. The van der Waals surface area contributed by atoms with Crippen LogP contribution in [0.3, 0.4) is 0 Å². The first-order chi connectivity index (χ1) is 17.6. The van der Waals surface area contributed by atoms with E-state index >= 15 is 0 Å². The number of carboxylic acids is 1. The van der Waals surface area contributed by atoms with E-state index in [1.165, 1.54) is 25.1 Å². The summed E-state index contributed by atoms with van der Waals surface area (Å²) >= 11 is 0. The molecule has 3 aliphatic rings. The number of primary amides is 1. The van der Waals surface area contributed by atoms with E-state index in [0.29, 0.717) is 11.3 Å². The van der Waals surface area contributed by atoms with Gasteiger partial charge in [0.15, 0.2) is 11.4 Å². The van der Waals surface area contributed by atoms with Crippen LogP contribution in [0.4, 0.5) is 5.69 Å². The SMILES string of the molecule is CN(C)c1cc(C#CC(=O)O)c(O)c2c1C[C@H]1C[C@H]3[C@@H](N(C)C)C(=O)C(C(N)=O)=C(O)[C@@]3(O)C(=O)C1=C2O. The third kappa shape index (κ3) is 3.62. The number of anilines is 1. The van der Waals surface area contributed by atoms with Gasteiger partial charge in [-0.3, -0.25) is 19.3 Å². The number of aliphatic hydroxyl groups excluding tert-OH is 2. The zero-order chi connectivity index (χ0) is 28.4. The molecule has 1 amide bonds. The summed E-state index contributed by atoms with van der Waals surface area (Å²) in [7, 11) is 6.43. The number of carboxylic acid groups (broad SMARTS) is 1. The number of likely N-dealkylation sites (N-methyl/N-ethyl adjacent to an activating group) is 1. The Morgan fingerprint density at radius 1 is 1.13 bits per heavy atom. The molecule has 12 heteroatoms. The average Bonchev–Trinajstić information content (AvgIpc) is 2.80. The number of amides is 1. The maximum Gasteiger partial charge on any atom is 0.382 e. The van der Waals surface area contributed by atoms with Gasteiger partial charge in [0.05, 0.1) is 17.2 Å². The molecule has 0 bridgehead atoms. The van der Waals surface area contributed by atoms with Crippen molar-refractivity contribution in [1.29, 1.82) is 0 Å². The molecule has 0 aromatic heterocycles. The van der Waals surface area contributed by atoms with E-state index in [4.69, 9.17) is 10.8 Å². The maximum absolute atomic E-state index is 13.9. The molecule has 0 spiro atoms. The minimum Gasteiger partial charge on any atom is -0.508 e. The Morgan fingerprint density at radius 3 is 2.29 bits per heavy atom. The quantitative estimate of drug-likeness (QED) is 0.219. The van der Waals surface area contributed by atoms with Gasteiger partial charge in [-0.1, -0.05) is 5.92 Å². The predicted octanol–water partition coefficient (Wildman–Crippen LogP) is -0.534. The number of aliphatic hydroxyl groups is 3. The van der Waals surface area contributed by atoms with Gasteiger partial charge in [0.25, 0.3) is 5.91 Å². The Morgan fingerprint density at radius 2 is 1.76 bits per heavy atom. The fourth-order valence-electron chi connectivity index (χ4n) is 5.91. The van der Waals surface area contributed by atoms with E-state index in [-0.39, 0.29) is 29.5 Å². The summed E-state index contributed by atoms with van der Waals surface area (Å²) in [6, 6.07) is 0.284. The summed E-state index contributed by atoms with van der Waals surface area (Å²) in [5, 5.41) is 53.8. The first kappa shape index (κ1) is 26.7. The molecule has 4 atom stereocenters. The molecule has 4 rings (SSSR count). The Hall–Kier alpha value is -4.34. The van der Waals surface area contributed by atoms with Gasteiger partial charge >= 0.3 is 5.97 Å². The van der Waals surface area contributed by atoms with Crippen LogP contribution in [0.15, 0.2) is 23.0 Å². The highest BCUT2D eigenvalue weighted by molar-refractivity contribution is 6.24. The van der Waals surface area contributed by atoms with Crippen molar-refractivity contribution in [2.24, 2.45) is 17.6 Å². The van der Waals surface area contributed by atoms with Gasteiger partial charge in [-0.25, -0.2) is 4.79 Å². The lowest BCUT2D eigenvalue weighted by atomic mass is 9.57. The first-order valence-corrected chi connectivity index (χ1v) is 11.6. The molecule has 0 radical (unpaired) electrons.